The minimum absolute atomic E-state index is 0.194. The van der Waals surface area contributed by atoms with E-state index in [9.17, 15) is 4.79 Å². The molecule has 20 heavy (non-hydrogen) atoms. The van der Waals surface area contributed by atoms with Crippen LogP contribution in [0, 0.1) is 17.8 Å². The molecule has 3 unspecified atom stereocenters. The monoisotopic (exact) mass is 274 g/mol. The third kappa shape index (κ3) is 3.41. The second kappa shape index (κ2) is 6.92. The number of cyclic esters (lactones) is 1. The van der Waals surface area contributed by atoms with E-state index in [2.05, 4.69) is 26.5 Å². The standard InChI is InChI=1S/C18H26O2/c1-4-5-6-16-13(2)7-8-14(3)17(16)10-9-15-11-12-20-18(15)19/h9-11,13,16-17H,3-8,12H2,1-2H3/b10-9+. The van der Waals surface area contributed by atoms with Crippen LogP contribution in [0.1, 0.15) is 46.0 Å². The van der Waals surface area contributed by atoms with Crippen LogP contribution in [0.5, 0.6) is 0 Å². The Labute approximate surface area is 122 Å². The molecule has 1 aliphatic carbocycles. The Morgan fingerprint density at radius 2 is 2.30 bits per heavy atom. The highest BCUT2D eigenvalue weighted by atomic mass is 16.5. The van der Waals surface area contributed by atoms with Crippen LogP contribution in [0.4, 0.5) is 0 Å². The summed E-state index contributed by atoms with van der Waals surface area (Å²) in [6, 6.07) is 0. The number of carbonyl (C=O) groups is 1. The molecule has 0 aromatic rings. The molecule has 1 aliphatic heterocycles. The summed E-state index contributed by atoms with van der Waals surface area (Å²) in [5.41, 5.74) is 2.03. The van der Waals surface area contributed by atoms with Crippen LogP contribution in [-0.2, 0) is 9.53 Å². The zero-order valence-electron chi connectivity index (χ0n) is 12.7. The van der Waals surface area contributed by atoms with Crippen molar-refractivity contribution in [1.82, 2.24) is 0 Å². The van der Waals surface area contributed by atoms with Crippen LogP contribution in [0.15, 0.2) is 36.0 Å². The molecule has 0 radical (unpaired) electrons. The molecule has 0 bridgehead atoms. The van der Waals surface area contributed by atoms with Gasteiger partial charge < -0.3 is 4.74 Å². The molecular weight excluding hydrogens is 248 g/mol. The summed E-state index contributed by atoms with van der Waals surface area (Å²) in [6.07, 6.45) is 12.1. The van der Waals surface area contributed by atoms with E-state index < -0.39 is 0 Å². The van der Waals surface area contributed by atoms with Gasteiger partial charge >= 0.3 is 5.97 Å². The largest absolute Gasteiger partial charge is 0.458 e. The van der Waals surface area contributed by atoms with Gasteiger partial charge in [0.25, 0.3) is 0 Å². The van der Waals surface area contributed by atoms with Gasteiger partial charge in [-0.25, -0.2) is 4.79 Å². The Balaban J connectivity index is 2.09. The summed E-state index contributed by atoms with van der Waals surface area (Å²) in [5, 5.41) is 0. The first kappa shape index (κ1) is 15.1. The van der Waals surface area contributed by atoms with Gasteiger partial charge in [0, 0.05) is 5.92 Å². The van der Waals surface area contributed by atoms with Crippen molar-refractivity contribution in [2.45, 2.75) is 46.0 Å². The van der Waals surface area contributed by atoms with Crippen molar-refractivity contribution >= 4 is 5.97 Å². The fourth-order valence-electron chi connectivity index (χ4n) is 3.35. The highest BCUT2D eigenvalue weighted by Crippen LogP contribution is 2.41. The van der Waals surface area contributed by atoms with E-state index in [1.54, 1.807) is 0 Å². The number of allylic oxidation sites excluding steroid dienone is 2. The number of ether oxygens (including phenoxy) is 1. The molecule has 1 heterocycles. The number of carbonyl (C=O) groups excluding carboxylic acids is 1. The Morgan fingerprint density at radius 1 is 1.50 bits per heavy atom. The topological polar surface area (TPSA) is 26.3 Å². The lowest BCUT2D eigenvalue weighted by Crippen LogP contribution is -2.27. The van der Waals surface area contributed by atoms with E-state index in [1.165, 1.54) is 31.3 Å². The zero-order chi connectivity index (χ0) is 14.5. The van der Waals surface area contributed by atoms with Crippen LogP contribution < -0.4 is 0 Å². The third-order valence-electron chi connectivity index (χ3n) is 4.71. The van der Waals surface area contributed by atoms with Crippen molar-refractivity contribution in [2.75, 3.05) is 6.61 Å². The van der Waals surface area contributed by atoms with Gasteiger partial charge in [-0.1, -0.05) is 51.0 Å². The van der Waals surface area contributed by atoms with Gasteiger partial charge in [0.05, 0.1) is 5.57 Å². The maximum Gasteiger partial charge on any atom is 0.338 e. The van der Waals surface area contributed by atoms with Crippen molar-refractivity contribution in [2.24, 2.45) is 17.8 Å². The number of hydrogen-bond acceptors (Lipinski definition) is 2. The molecule has 0 saturated heterocycles. The first-order valence-corrected chi connectivity index (χ1v) is 7.86. The molecule has 2 aliphatic rings. The van der Waals surface area contributed by atoms with Crippen molar-refractivity contribution in [3.63, 3.8) is 0 Å². The summed E-state index contributed by atoms with van der Waals surface area (Å²) in [4.78, 5) is 11.5. The first-order valence-electron chi connectivity index (χ1n) is 7.86. The van der Waals surface area contributed by atoms with Crippen LogP contribution in [0.2, 0.25) is 0 Å². The lowest BCUT2D eigenvalue weighted by Gasteiger charge is -2.37. The Hall–Kier alpha value is -1.31. The zero-order valence-corrected chi connectivity index (χ0v) is 12.7. The average molecular weight is 274 g/mol. The number of hydrogen-bond donors (Lipinski definition) is 0. The first-order chi connectivity index (χ1) is 9.63. The summed E-state index contributed by atoms with van der Waals surface area (Å²) >= 11 is 0. The van der Waals surface area contributed by atoms with Crippen molar-refractivity contribution in [3.8, 4) is 0 Å². The second-order valence-corrected chi connectivity index (χ2v) is 6.12. The minimum atomic E-state index is -0.194. The van der Waals surface area contributed by atoms with Crippen LogP contribution in [0.3, 0.4) is 0 Å². The van der Waals surface area contributed by atoms with Gasteiger partial charge in [-0.05, 0) is 37.2 Å². The number of unbranched alkanes of at least 4 members (excludes halogenated alkanes) is 1. The van der Waals surface area contributed by atoms with E-state index in [0.717, 1.165) is 12.3 Å². The third-order valence-corrected chi connectivity index (χ3v) is 4.71. The summed E-state index contributed by atoms with van der Waals surface area (Å²) in [7, 11) is 0. The quantitative estimate of drug-likeness (QED) is 0.547. The summed E-state index contributed by atoms with van der Waals surface area (Å²) < 4.78 is 4.94. The van der Waals surface area contributed by atoms with Gasteiger partial charge in [-0.2, -0.15) is 0 Å². The molecule has 0 N–H and O–H groups in total. The number of esters is 1. The Kier molecular flexibility index (Phi) is 5.22. The number of rotatable bonds is 5. The molecular formula is C18H26O2. The van der Waals surface area contributed by atoms with Crippen molar-refractivity contribution in [3.05, 3.63) is 36.0 Å². The van der Waals surface area contributed by atoms with Gasteiger partial charge in [0.15, 0.2) is 0 Å². The lowest BCUT2D eigenvalue weighted by molar-refractivity contribution is -0.135. The van der Waals surface area contributed by atoms with Crippen LogP contribution in [-0.4, -0.2) is 12.6 Å². The van der Waals surface area contributed by atoms with Crippen molar-refractivity contribution < 1.29 is 9.53 Å². The maximum absolute atomic E-state index is 11.5. The molecule has 0 amide bonds. The summed E-state index contributed by atoms with van der Waals surface area (Å²) in [6.45, 7) is 9.28. The lowest BCUT2D eigenvalue weighted by atomic mass is 9.68. The van der Waals surface area contributed by atoms with E-state index in [0.29, 0.717) is 24.0 Å². The molecule has 0 aromatic heterocycles. The molecule has 0 aromatic carbocycles. The minimum Gasteiger partial charge on any atom is -0.458 e. The van der Waals surface area contributed by atoms with Gasteiger partial charge in [0.1, 0.15) is 6.61 Å². The average Bonchev–Trinajstić information content (AvgIpc) is 2.84. The molecule has 1 saturated carbocycles. The molecule has 3 atom stereocenters. The highest BCUT2D eigenvalue weighted by Gasteiger charge is 2.31. The van der Waals surface area contributed by atoms with Gasteiger partial charge in [0.2, 0.25) is 0 Å². The van der Waals surface area contributed by atoms with Crippen LogP contribution >= 0.6 is 0 Å². The molecule has 2 heteroatoms. The second-order valence-electron chi connectivity index (χ2n) is 6.12. The smallest absolute Gasteiger partial charge is 0.338 e. The Bertz CT molecular complexity index is 431. The summed E-state index contributed by atoms with van der Waals surface area (Å²) in [5.74, 6) is 1.64. The van der Waals surface area contributed by atoms with Crippen molar-refractivity contribution in [1.29, 1.82) is 0 Å². The molecule has 2 nitrogen and oxygen atoms in total. The van der Waals surface area contributed by atoms with Gasteiger partial charge in [-0.3, -0.25) is 0 Å². The highest BCUT2D eigenvalue weighted by molar-refractivity contribution is 5.93. The molecule has 110 valence electrons. The molecule has 2 rings (SSSR count). The van der Waals surface area contributed by atoms with E-state index in [1.807, 2.05) is 12.2 Å². The molecule has 0 spiro atoms. The molecule has 1 fully saturated rings. The van der Waals surface area contributed by atoms with E-state index in [-0.39, 0.29) is 5.97 Å². The van der Waals surface area contributed by atoms with E-state index in [4.69, 9.17) is 4.74 Å². The fourth-order valence-corrected chi connectivity index (χ4v) is 3.35. The fraction of sp³-hybridized carbons (Fsp3) is 0.611. The SMILES string of the molecule is C=C1CCC(C)C(CCCC)C1/C=C/C1=CCOC1=O. The normalized spacial score (nSPS) is 30.7. The van der Waals surface area contributed by atoms with Crippen LogP contribution in [0.25, 0.3) is 0 Å². The Morgan fingerprint density at radius 3 is 2.95 bits per heavy atom. The predicted molar refractivity (Wildman–Crippen MR) is 82.2 cm³/mol. The predicted octanol–water partition coefficient (Wildman–Crippen LogP) is 4.43. The van der Waals surface area contributed by atoms with E-state index >= 15 is 0 Å². The maximum atomic E-state index is 11.5. The van der Waals surface area contributed by atoms with Gasteiger partial charge in [-0.15, -0.1) is 0 Å².